The summed E-state index contributed by atoms with van der Waals surface area (Å²) in [7, 11) is 3.27. The van der Waals surface area contributed by atoms with E-state index < -0.39 is 0 Å². The molecule has 0 saturated carbocycles. The lowest BCUT2D eigenvalue weighted by Gasteiger charge is -2.16. The molecule has 0 radical (unpaired) electrons. The van der Waals surface area contributed by atoms with E-state index in [0.29, 0.717) is 0 Å². The Morgan fingerprint density at radius 3 is 2.55 bits per heavy atom. The minimum atomic E-state index is -0.103. The van der Waals surface area contributed by atoms with Gasteiger partial charge in [0.05, 0.1) is 14.2 Å². The van der Waals surface area contributed by atoms with Gasteiger partial charge in [0.2, 0.25) is 0 Å². The molecule has 2 rings (SSSR count). The van der Waals surface area contributed by atoms with Gasteiger partial charge in [-0.2, -0.15) is 0 Å². The molecular weight excluding hydrogens is 272 g/mol. The molecule has 1 heterocycles. The summed E-state index contributed by atoms with van der Waals surface area (Å²) in [4.78, 5) is 5.15. The molecule has 0 saturated heterocycles. The van der Waals surface area contributed by atoms with Gasteiger partial charge in [0.15, 0.2) is 0 Å². The smallest absolute Gasteiger partial charge is 0.127 e. The molecule has 0 spiro atoms. The molecule has 5 heteroatoms. The Labute approximate surface area is 123 Å². The van der Waals surface area contributed by atoms with E-state index in [4.69, 9.17) is 15.2 Å². The fourth-order valence-electron chi connectivity index (χ4n) is 1.84. The predicted octanol–water partition coefficient (Wildman–Crippen LogP) is 2.89. The highest BCUT2D eigenvalue weighted by Crippen LogP contribution is 2.31. The van der Waals surface area contributed by atoms with E-state index >= 15 is 0 Å². The number of thioether (sulfide) groups is 1. The standard InChI is InChI=1S/C15H18N2O2S/c1-18-11-3-4-13(15(9-11)19-2)14(16)10-20-12-5-7-17-8-6-12/h3-9,14H,10,16H2,1-2H3. The third-order valence-electron chi connectivity index (χ3n) is 2.92. The van der Waals surface area contributed by atoms with Crippen LogP contribution in [0.3, 0.4) is 0 Å². The number of hydrogen-bond donors (Lipinski definition) is 1. The lowest BCUT2D eigenvalue weighted by atomic mass is 10.1. The number of benzene rings is 1. The summed E-state index contributed by atoms with van der Waals surface area (Å²) in [6.45, 7) is 0. The number of methoxy groups -OCH3 is 2. The summed E-state index contributed by atoms with van der Waals surface area (Å²) in [6.07, 6.45) is 3.56. The van der Waals surface area contributed by atoms with Crippen molar-refractivity contribution < 1.29 is 9.47 Å². The third kappa shape index (κ3) is 3.65. The van der Waals surface area contributed by atoms with Crippen LogP contribution in [-0.2, 0) is 0 Å². The molecule has 0 aliphatic carbocycles. The Morgan fingerprint density at radius 2 is 1.90 bits per heavy atom. The molecular formula is C15H18N2O2S. The highest BCUT2D eigenvalue weighted by molar-refractivity contribution is 7.99. The number of pyridine rings is 1. The molecule has 0 amide bonds. The second-order valence-corrected chi connectivity index (χ2v) is 5.30. The molecule has 2 N–H and O–H groups in total. The largest absolute Gasteiger partial charge is 0.497 e. The van der Waals surface area contributed by atoms with Crippen molar-refractivity contribution in [2.75, 3.05) is 20.0 Å². The number of aromatic nitrogens is 1. The summed E-state index contributed by atoms with van der Waals surface area (Å²) >= 11 is 1.70. The van der Waals surface area contributed by atoms with Crippen LogP contribution in [0, 0.1) is 0 Å². The molecule has 106 valence electrons. The van der Waals surface area contributed by atoms with Gasteiger partial charge in [-0.15, -0.1) is 11.8 Å². The monoisotopic (exact) mass is 290 g/mol. The molecule has 0 bridgehead atoms. The van der Waals surface area contributed by atoms with Crippen molar-refractivity contribution in [1.82, 2.24) is 4.98 Å². The molecule has 1 atom stereocenters. The average molecular weight is 290 g/mol. The van der Waals surface area contributed by atoms with Crippen LogP contribution < -0.4 is 15.2 Å². The fourth-order valence-corrected chi connectivity index (χ4v) is 2.70. The lowest BCUT2D eigenvalue weighted by Crippen LogP contribution is -2.14. The zero-order chi connectivity index (χ0) is 14.4. The van der Waals surface area contributed by atoms with Crippen LogP contribution in [-0.4, -0.2) is 25.0 Å². The zero-order valence-corrected chi connectivity index (χ0v) is 12.4. The number of rotatable bonds is 6. The van der Waals surface area contributed by atoms with Crippen LogP contribution in [0.25, 0.3) is 0 Å². The van der Waals surface area contributed by atoms with Crippen LogP contribution in [0.1, 0.15) is 11.6 Å². The van der Waals surface area contributed by atoms with Crippen LogP contribution >= 0.6 is 11.8 Å². The van der Waals surface area contributed by atoms with Gasteiger partial charge >= 0.3 is 0 Å². The van der Waals surface area contributed by atoms with Gasteiger partial charge in [0, 0.05) is 40.7 Å². The highest BCUT2D eigenvalue weighted by atomic mass is 32.2. The first-order valence-electron chi connectivity index (χ1n) is 6.25. The summed E-state index contributed by atoms with van der Waals surface area (Å²) in [5.74, 6) is 2.29. The van der Waals surface area contributed by atoms with Gasteiger partial charge in [-0.3, -0.25) is 4.98 Å². The first-order valence-corrected chi connectivity index (χ1v) is 7.23. The van der Waals surface area contributed by atoms with Crippen LogP contribution in [0.15, 0.2) is 47.6 Å². The van der Waals surface area contributed by atoms with E-state index in [2.05, 4.69) is 4.98 Å². The Hall–Kier alpha value is -1.72. The number of ether oxygens (including phenoxy) is 2. The predicted molar refractivity (Wildman–Crippen MR) is 81.4 cm³/mol. The van der Waals surface area contributed by atoms with Crippen molar-refractivity contribution in [2.45, 2.75) is 10.9 Å². The van der Waals surface area contributed by atoms with Crippen molar-refractivity contribution in [3.05, 3.63) is 48.3 Å². The van der Waals surface area contributed by atoms with Crippen molar-refractivity contribution in [2.24, 2.45) is 5.73 Å². The first kappa shape index (κ1) is 14.7. The minimum absolute atomic E-state index is 0.103. The van der Waals surface area contributed by atoms with E-state index in [9.17, 15) is 0 Å². The van der Waals surface area contributed by atoms with Gasteiger partial charge in [-0.25, -0.2) is 0 Å². The van der Waals surface area contributed by atoms with Gasteiger partial charge in [0.1, 0.15) is 11.5 Å². The van der Waals surface area contributed by atoms with Crippen molar-refractivity contribution in [1.29, 1.82) is 0 Å². The highest BCUT2D eigenvalue weighted by Gasteiger charge is 2.13. The van der Waals surface area contributed by atoms with E-state index in [1.165, 1.54) is 0 Å². The van der Waals surface area contributed by atoms with Gasteiger partial charge in [0.25, 0.3) is 0 Å². The molecule has 0 aliphatic heterocycles. The molecule has 0 fully saturated rings. The quantitative estimate of drug-likeness (QED) is 0.829. The first-order chi connectivity index (χ1) is 9.74. The van der Waals surface area contributed by atoms with Crippen molar-refractivity contribution in [3.8, 4) is 11.5 Å². The molecule has 2 aromatic rings. The van der Waals surface area contributed by atoms with E-state index in [0.717, 1.165) is 27.7 Å². The van der Waals surface area contributed by atoms with Gasteiger partial charge in [-0.05, 0) is 18.2 Å². The zero-order valence-electron chi connectivity index (χ0n) is 11.6. The van der Waals surface area contributed by atoms with E-state index in [-0.39, 0.29) is 6.04 Å². The number of nitrogens with zero attached hydrogens (tertiary/aromatic N) is 1. The maximum absolute atomic E-state index is 6.25. The molecule has 0 aliphatic rings. The summed E-state index contributed by atoms with van der Waals surface area (Å²) < 4.78 is 10.6. The van der Waals surface area contributed by atoms with E-state index in [1.807, 2.05) is 30.3 Å². The normalized spacial score (nSPS) is 11.9. The molecule has 20 heavy (non-hydrogen) atoms. The lowest BCUT2D eigenvalue weighted by molar-refractivity contribution is 0.389. The van der Waals surface area contributed by atoms with Crippen LogP contribution in [0.2, 0.25) is 0 Å². The maximum atomic E-state index is 6.25. The van der Waals surface area contributed by atoms with Crippen molar-refractivity contribution >= 4 is 11.8 Å². The summed E-state index contributed by atoms with van der Waals surface area (Å²) in [5, 5.41) is 0. The van der Waals surface area contributed by atoms with Crippen LogP contribution in [0.4, 0.5) is 0 Å². The third-order valence-corrected chi connectivity index (χ3v) is 4.05. The van der Waals surface area contributed by atoms with Gasteiger partial charge in [-0.1, -0.05) is 6.07 Å². The Morgan fingerprint density at radius 1 is 1.15 bits per heavy atom. The van der Waals surface area contributed by atoms with Crippen LogP contribution in [0.5, 0.6) is 11.5 Å². The molecule has 1 aromatic heterocycles. The molecule has 1 unspecified atom stereocenters. The van der Waals surface area contributed by atoms with Crippen molar-refractivity contribution in [3.63, 3.8) is 0 Å². The summed E-state index contributed by atoms with van der Waals surface area (Å²) in [5.41, 5.74) is 7.23. The number of nitrogens with two attached hydrogens (primary N) is 1. The fraction of sp³-hybridized carbons (Fsp3) is 0.267. The maximum Gasteiger partial charge on any atom is 0.127 e. The molecule has 4 nitrogen and oxygen atoms in total. The SMILES string of the molecule is COc1ccc(C(N)CSc2ccncc2)c(OC)c1. The number of hydrogen-bond acceptors (Lipinski definition) is 5. The average Bonchev–Trinajstić information content (AvgIpc) is 2.52. The Bertz CT molecular complexity index is 549. The van der Waals surface area contributed by atoms with E-state index in [1.54, 1.807) is 38.4 Å². The second-order valence-electron chi connectivity index (χ2n) is 4.21. The van der Waals surface area contributed by atoms with Gasteiger partial charge < -0.3 is 15.2 Å². The Kier molecular flexibility index (Phi) is 5.26. The minimum Gasteiger partial charge on any atom is -0.497 e. The topological polar surface area (TPSA) is 57.4 Å². The second kappa shape index (κ2) is 7.17. The Balaban J connectivity index is 2.07. The molecule has 1 aromatic carbocycles. The summed E-state index contributed by atoms with van der Waals surface area (Å²) in [6, 6.07) is 9.55.